The van der Waals surface area contributed by atoms with Crippen LogP contribution < -0.4 is 5.32 Å². The Bertz CT molecular complexity index is 533. The van der Waals surface area contributed by atoms with Crippen molar-refractivity contribution in [2.75, 3.05) is 5.32 Å². The number of hydrogen-bond donors (Lipinski definition) is 2. The van der Waals surface area contributed by atoms with Gasteiger partial charge >= 0.3 is 6.09 Å². The lowest BCUT2D eigenvalue weighted by molar-refractivity contribution is 0.210. The highest BCUT2D eigenvalue weighted by atomic mass is 35.5. The number of benzene rings is 1. The van der Waals surface area contributed by atoms with Gasteiger partial charge in [-0.3, -0.25) is 5.32 Å². The maximum absolute atomic E-state index is 10.5. The smallest absolute Gasteiger partial charge is 0.409 e. The predicted molar refractivity (Wildman–Crippen MR) is 63.0 cm³/mol. The van der Waals surface area contributed by atoms with Gasteiger partial charge in [0.1, 0.15) is 5.69 Å². The standard InChI is InChI=1S/C9H6Cl2N4O2/c10-6-3-5(13-9(16)17)4-7(11)8(6)15-2-1-12-14-15/h1-4,13H,(H,16,17). The highest BCUT2D eigenvalue weighted by Crippen LogP contribution is 2.31. The van der Waals surface area contributed by atoms with E-state index in [2.05, 4.69) is 15.6 Å². The van der Waals surface area contributed by atoms with Crippen LogP contribution in [0.2, 0.25) is 10.0 Å². The summed E-state index contributed by atoms with van der Waals surface area (Å²) in [7, 11) is 0. The van der Waals surface area contributed by atoms with E-state index < -0.39 is 6.09 Å². The Kier molecular flexibility index (Phi) is 3.16. The second-order valence-corrected chi connectivity index (χ2v) is 3.88. The molecule has 0 fully saturated rings. The van der Waals surface area contributed by atoms with Gasteiger partial charge in [-0.05, 0) is 12.1 Å². The zero-order valence-electron chi connectivity index (χ0n) is 8.26. The van der Waals surface area contributed by atoms with Crippen molar-refractivity contribution >= 4 is 35.0 Å². The average Bonchev–Trinajstić information content (AvgIpc) is 2.68. The Hall–Kier alpha value is -1.79. The highest BCUT2D eigenvalue weighted by molar-refractivity contribution is 6.38. The van der Waals surface area contributed by atoms with E-state index in [1.165, 1.54) is 23.0 Å². The average molecular weight is 273 g/mol. The van der Waals surface area contributed by atoms with Crippen LogP contribution in [0.1, 0.15) is 0 Å². The third-order valence-electron chi connectivity index (χ3n) is 1.92. The summed E-state index contributed by atoms with van der Waals surface area (Å²) in [6, 6.07) is 2.89. The third-order valence-corrected chi connectivity index (χ3v) is 2.50. The molecule has 2 N–H and O–H groups in total. The summed E-state index contributed by atoms with van der Waals surface area (Å²) in [5.74, 6) is 0. The highest BCUT2D eigenvalue weighted by Gasteiger charge is 2.12. The van der Waals surface area contributed by atoms with Crippen molar-refractivity contribution in [1.82, 2.24) is 15.0 Å². The Morgan fingerprint density at radius 2 is 2.00 bits per heavy atom. The third kappa shape index (κ3) is 2.48. The molecule has 0 aliphatic carbocycles. The molecular formula is C9H6Cl2N4O2. The molecule has 0 aliphatic rings. The second kappa shape index (κ2) is 4.60. The lowest BCUT2D eigenvalue weighted by Crippen LogP contribution is -2.08. The topological polar surface area (TPSA) is 80.0 Å². The van der Waals surface area contributed by atoms with Crippen LogP contribution in [-0.2, 0) is 0 Å². The molecule has 0 saturated carbocycles. The largest absolute Gasteiger partial charge is 0.465 e. The van der Waals surface area contributed by atoms with Crippen LogP contribution in [0.25, 0.3) is 5.69 Å². The molecule has 8 heteroatoms. The number of rotatable bonds is 2. The van der Waals surface area contributed by atoms with E-state index in [1.807, 2.05) is 0 Å². The number of nitrogens with zero attached hydrogens (tertiary/aromatic N) is 3. The van der Waals surface area contributed by atoms with Crippen molar-refractivity contribution < 1.29 is 9.90 Å². The SMILES string of the molecule is O=C(O)Nc1cc(Cl)c(-n2ccnn2)c(Cl)c1. The summed E-state index contributed by atoms with van der Waals surface area (Å²) < 4.78 is 1.40. The van der Waals surface area contributed by atoms with Crippen LogP contribution in [0, 0.1) is 0 Å². The molecule has 88 valence electrons. The number of carboxylic acid groups (broad SMARTS) is 1. The summed E-state index contributed by atoms with van der Waals surface area (Å²) >= 11 is 12.0. The maximum atomic E-state index is 10.5. The Morgan fingerprint density at radius 1 is 1.35 bits per heavy atom. The fourth-order valence-electron chi connectivity index (χ4n) is 1.31. The lowest BCUT2D eigenvalue weighted by Gasteiger charge is -2.09. The molecule has 1 amide bonds. The fraction of sp³-hybridized carbons (Fsp3) is 0. The van der Waals surface area contributed by atoms with E-state index in [9.17, 15) is 4.79 Å². The van der Waals surface area contributed by atoms with Crippen molar-refractivity contribution in [3.8, 4) is 5.69 Å². The first kappa shape index (κ1) is 11.7. The molecule has 0 radical (unpaired) electrons. The van der Waals surface area contributed by atoms with Crippen LogP contribution in [0.15, 0.2) is 24.5 Å². The molecule has 2 rings (SSSR count). The zero-order valence-corrected chi connectivity index (χ0v) is 9.77. The summed E-state index contributed by atoms with van der Waals surface area (Å²) in [6.45, 7) is 0. The minimum Gasteiger partial charge on any atom is -0.465 e. The van der Waals surface area contributed by atoms with E-state index in [1.54, 1.807) is 6.20 Å². The maximum Gasteiger partial charge on any atom is 0.409 e. The Balaban J connectivity index is 2.46. The minimum absolute atomic E-state index is 0.270. The summed E-state index contributed by atoms with van der Waals surface area (Å²) in [5.41, 5.74) is 0.734. The van der Waals surface area contributed by atoms with Crippen LogP contribution in [0.3, 0.4) is 0 Å². The molecule has 0 spiro atoms. The molecule has 0 aliphatic heterocycles. The molecular weight excluding hydrogens is 267 g/mol. The number of carbonyl (C=O) groups is 1. The molecule has 0 bridgehead atoms. The van der Waals surface area contributed by atoms with E-state index in [0.29, 0.717) is 5.69 Å². The van der Waals surface area contributed by atoms with Gasteiger partial charge in [0.15, 0.2) is 0 Å². The first-order valence-corrected chi connectivity index (χ1v) is 5.19. The predicted octanol–water partition coefficient (Wildman–Crippen LogP) is 2.66. The minimum atomic E-state index is -1.19. The Labute approximate surface area is 106 Å². The number of halogens is 2. The Morgan fingerprint density at radius 3 is 2.47 bits per heavy atom. The fourth-order valence-corrected chi connectivity index (χ4v) is 1.97. The molecule has 0 atom stereocenters. The van der Waals surface area contributed by atoms with Gasteiger partial charge in [0, 0.05) is 5.69 Å². The molecule has 1 aromatic heterocycles. The molecule has 2 aromatic rings. The van der Waals surface area contributed by atoms with Gasteiger partial charge in [0.25, 0.3) is 0 Å². The van der Waals surface area contributed by atoms with Gasteiger partial charge < -0.3 is 5.11 Å². The van der Waals surface area contributed by atoms with E-state index in [-0.39, 0.29) is 15.7 Å². The quantitative estimate of drug-likeness (QED) is 0.881. The summed E-state index contributed by atoms with van der Waals surface area (Å²) in [5, 5.41) is 18.7. The summed E-state index contributed by atoms with van der Waals surface area (Å²) in [4.78, 5) is 10.5. The second-order valence-electron chi connectivity index (χ2n) is 3.07. The van der Waals surface area contributed by atoms with Crippen molar-refractivity contribution in [1.29, 1.82) is 0 Å². The van der Waals surface area contributed by atoms with Crippen molar-refractivity contribution in [3.05, 3.63) is 34.6 Å². The summed E-state index contributed by atoms with van der Waals surface area (Å²) in [6.07, 6.45) is 1.87. The first-order valence-electron chi connectivity index (χ1n) is 4.43. The van der Waals surface area contributed by atoms with Gasteiger partial charge in [-0.15, -0.1) is 5.10 Å². The van der Waals surface area contributed by atoms with Gasteiger partial charge in [0.2, 0.25) is 0 Å². The molecule has 1 heterocycles. The monoisotopic (exact) mass is 272 g/mol. The van der Waals surface area contributed by atoms with Gasteiger partial charge in [0.05, 0.1) is 22.4 Å². The molecule has 0 saturated heterocycles. The number of hydrogen-bond acceptors (Lipinski definition) is 3. The molecule has 17 heavy (non-hydrogen) atoms. The van der Waals surface area contributed by atoms with Gasteiger partial charge in [-0.2, -0.15) is 0 Å². The first-order chi connectivity index (χ1) is 8.08. The van der Waals surface area contributed by atoms with E-state index >= 15 is 0 Å². The van der Waals surface area contributed by atoms with Crippen LogP contribution in [0.4, 0.5) is 10.5 Å². The number of aromatic nitrogens is 3. The van der Waals surface area contributed by atoms with Gasteiger partial charge in [-0.25, -0.2) is 9.48 Å². The number of amides is 1. The van der Waals surface area contributed by atoms with E-state index in [0.717, 1.165) is 0 Å². The number of nitrogens with one attached hydrogen (secondary N) is 1. The van der Waals surface area contributed by atoms with Crippen molar-refractivity contribution in [2.24, 2.45) is 0 Å². The normalized spacial score (nSPS) is 10.2. The zero-order chi connectivity index (χ0) is 12.4. The number of anilines is 1. The van der Waals surface area contributed by atoms with Gasteiger partial charge in [-0.1, -0.05) is 28.4 Å². The van der Waals surface area contributed by atoms with E-state index in [4.69, 9.17) is 28.3 Å². The van der Waals surface area contributed by atoms with Crippen LogP contribution in [0.5, 0.6) is 0 Å². The molecule has 0 unspecified atom stereocenters. The van der Waals surface area contributed by atoms with Crippen LogP contribution in [-0.4, -0.2) is 26.2 Å². The molecule has 1 aromatic carbocycles. The van der Waals surface area contributed by atoms with Crippen LogP contribution >= 0.6 is 23.2 Å². The van der Waals surface area contributed by atoms with Crippen molar-refractivity contribution in [2.45, 2.75) is 0 Å². The lowest BCUT2D eigenvalue weighted by atomic mass is 10.2. The molecule has 6 nitrogen and oxygen atoms in total. The van der Waals surface area contributed by atoms with Crippen molar-refractivity contribution in [3.63, 3.8) is 0 Å².